The van der Waals surface area contributed by atoms with Crippen LogP contribution in [0.4, 0.5) is 5.13 Å². The maximum atomic E-state index is 11.5. The molecule has 0 aliphatic rings. The molecule has 0 saturated carbocycles. The average molecular weight is 296 g/mol. The van der Waals surface area contributed by atoms with Crippen molar-refractivity contribution in [1.29, 1.82) is 0 Å². The Morgan fingerprint density at radius 2 is 2.26 bits per heavy atom. The summed E-state index contributed by atoms with van der Waals surface area (Å²) in [7, 11) is 1.27. The van der Waals surface area contributed by atoms with E-state index in [1.165, 1.54) is 25.4 Å². The third kappa shape index (κ3) is 3.18. The summed E-state index contributed by atoms with van der Waals surface area (Å²) >= 11 is 2.79. The van der Waals surface area contributed by atoms with E-state index in [0.717, 1.165) is 4.88 Å². The second-order valence-corrected chi connectivity index (χ2v) is 5.71. The molecule has 0 aliphatic carbocycles. The van der Waals surface area contributed by atoms with Crippen molar-refractivity contribution >= 4 is 39.6 Å². The molecular formula is C12H12N2O3S2. The zero-order valence-corrected chi connectivity index (χ0v) is 12.1. The van der Waals surface area contributed by atoms with E-state index < -0.39 is 5.97 Å². The molecule has 0 spiro atoms. The van der Waals surface area contributed by atoms with Gasteiger partial charge in [-0.15, -0.1) is 11.3 Å². The Bertz CT molecular complexity index is 590. The van der Waals surface area contributed by atoms with Crippen LogP contribution in [0.1, 0.15) is 32.0 Å². The summed E-state index contributed by atoms with van der Waals surface area (Å²) in [4.78, 5) is 28.6. The Kier molecular flexibility index (Phi) is 4.28. The molecule has 0 atom stereocenters. The van der Waals surface area contributed by atoms with E-state index in [4.69, 9.17) is 0 Å². The van der Waals surface area contributed by atoms with E-state index in [9.17, 15) is 9.59 Å². The quantitative estimate of drug-likeness (QED) is 0.678. The number of thiazole rings is 1. The molecule has 1 N–H and O–H groups in total. The van der Waals surface area contributed by atoms with Gasteiger partial charge in [-0.25, -0.2) is 9.78 Å². The minimum absolute atomic E-state index is 0.0775. The topological polar surface area (TPSA) is 68.3 Å². The molecule has 2 rings (SSSR count). The number of aromatic nitrogens is 1. The highest BCUT2D eigenvalue weighted by molar-refractivity contribution is 7.17. The number of hydrogen-bond acceptors (Lipinski definition) is 7. The molecule has 0 aliphatic heterocycles. The number of carbonyl (C=O) groups is 2. The van der Waals surface area contributed by atoms with Crippen LogP contribution in [0.5, 0.6) is 0 Å². The highest BCUT2D eigenvalue weighted by Gasteiger charge is 2.21. The first-order valence-electron chi connectivity index (χ1n) is 5.48. The number of hydrogen-bond donors (Lipinski definition) is 1. The van der Waals surface area contributed by atoms with Gasteiger partial charge in [0.15, 0.2) is 16.6 Å². The molecule has 0 radical (unpaired) electrons. The number of rotatable bonds is 5. The van der Waals surface area contributed by atoms with Crippen LogP contribution in [0, 0.1) is 0 Å². The fourth-order valence-electron chi connectivity index (χ4n) is 1.45. The van der Waals surface area contributed by atoms with Gasteiger partial charge in [-0.3, -0.25) is 4.79 Å². The maximum absolute atomic E-state index is 11.5. The molecule has 2 heterocycles. The number of carbonyl (C=O) groups excluding carboxylic acids is 2. The third-order valence-corrected chi connectivity index (χ3v) is 4.31. The summed E-state index contributed by atoms with van der Waals surface area (Å²) in [5.74, 6) is -0.785. The summed E-state index contributed by atoms with van der Waals surface area (Å²) in [6, 6.07) is 3.96. The summed E-state index contributed by atoms with van der Waals surface area (Å²) in [5, 5.41) is 5.63. The van der Waals surface area contributed by atoms with Crippen molar-refractivity contribution in [3.63, 3.8) is 0 Å². The van der Waals surface area contributed by atoms with Crippen molar-refractivity contribution in [3.8, 4) is 0 Å². The summed E-state index contributed by atoms with van der Waals surface area (Å²) in [5.41, 5.74) is 0.0775. The average Bonchev–Trinajstić information content (AvgIpc) is 3.04. The van der Waals surface area contributed by atoms with Crippen molar-refractivity contribution in [2.45, 2.75) is 13.5 Å². The van der Waals surface area contributed by atoms with Gasteiger partial charge in [0.05, 0.1) is 13.7 Å². The number of Topliss-reactive ketones (excluding diaryl/α,β-unsaturated/α-hetero) is 1. The number of nitrogens with one attached hydrogen (secondary N) is 1. The Balaban J connectivity index is 2.17. The van der Waals surface area contributed by atoms with Crippen LogP contribution in [0.15, 0.2) is 17.5 Å². The number of anilines is 1. The second kappa shape index (κ2) is 5.94. The van der Waals surface area contributed by atoms with E-state index >= 15 is 0 Å². The van der Waals surface area contributed by atoms with Crippen LogP contribution in [0.2, 0.25) is 0 Å². The lowest BCUT2D eigenvalue weighted by molar-refractivity contribution is 0.0591. The highest BCUT2D eigenvalue weighted by atomic mass is 32.1. The molecule has 0 amide bonds. The maximum Gasteiger partial charge on any atom is 0.358 e. The molecule has 2 aromatic rings. The fourth-order valence-corrected chi connectivity index (χ4v) is 2.93. The first-order chi connectivity index (χ1) is 9.11. The minimum atomic E-state index is -0.592. The van der Waals surface area contributed by atoms with Crippen LogP contribution in [-0.2, 0) is 11.3 Å². The van der Waals surface area contributed by atoms with Crippen LogP contribution in [0.25, 0.3) is 0 Å². The molecule has 0 unspecified atom stereocenters. The van der Waals surface area contributed by atoms with Gasteiger partial charge in [-0.1, -0.05) is 17.4 Å². The normalized spacial score (nSPS) is 10.2. The number of ketones is 1. The van der Waals surface area contributed by atoms with Crippen LogP contribution in [0.3, 0.4) is 0 Å². The smallest absolute Gasteiger partial charge is 0.358 e. The lowest BCUT2D eigenvalue weighted by Crippen LogP contribution is -2.07. The number of thiophene rings is 1. The second-order valence-electron chi connectivity index (χ2n) is 3.68. The van der Waals surface area contributed by atoms with E-state index in [1.54, 1.807) is 11.3 Å². The van der Waals surface area contributed by atoms with Gasteiger partial charge in [0.25, 0.3) is 0 Å². The number of methoxy groups -OCH3 is 1. The van der Waals surface area contributed by atoms with Crippen molar-refractivity contribution in [2.24, 2.45) is 0 Å². The fraction of sp³-hybridized carbons (Fsp3) is 0.250. The molecule has 7 heteroatoms. The summed E-state index contributed by atoms with van der Waals surface area (Å²) in [6.07, 6.45) is 0. The Morgan fingerprint density at radius 3 is 2.84 bits per heavy atom. The van der Waals surface area contributed by atoms with E-state index in [-0.39, 0.29) is 11.5 Å². The van der Waals surface area contributed by atoms with Gasteiger partial charge in [0.1, 0.15) is 4.88 Å². The lowest BCUT2D eigenvalue weighted by atomic mass is 10.3. The lowest BCUT2D eigenvalue weighted by Gasteiger charge is -1.98. The molecule has 0 bridgehead atoms. The number of esters is 1. The molecule has 100 valence electrons. The van der Waals surface area contributed by atoms with Crippen LogP contribution < -0.4 is 5.32 Å². The molecule has 0 saturated heterocycles. The van der Waals surface area contributed by atoms with Crippen LogP contribution >= 0.6 is 22.7 Å². The number of ether oxygens (including phenoxy) is 1. The van der Waals surface area contributed by atoms with Gasteiger partial charge in [0.2, 0.25) is 0 Å². The molecular weight excluding hydrogens is 284 g/mol. The minimum Gasteiger partial charge on any atom is -0.464 e. The van der Waals surface area contributed by atoms with Crippen molar-refractivity contribution in [1.82, 2.24) is 4.98 Å². The van der Waals surface area contributed by atoms with Crippen molar-refractivity contribution in [3.05, 3.63) is 33.0 Å². The van der Waals surface area contributed by atoms with Gasteiger partial charge < -0.3 is 10.1 Å². The van der Waals surface area contributed by atoms with Crippen LogP contribution in [-0.4, -0.2) is 23.8 Å². The summed E-state index contributed by atoms with van der Waals surface area (Å²) < 4.78 is 4.62. The molecule has 0 fully saturated rings. The van der Waals surface area contributed by atoms with Crippen molar-refractivity contribution < 1.29 is 14.3 Å². The highest BCUT2D eigenvalue weighted by Crippen LogP contribution is 2.25. The molecule has 0 aromatic carbocycles. The zero-order valence-electron chi connectivity index (χ0n) is 10.4. The predicted octanol–water partition coefficient (Wildman–Crippen LogP) is 2.81. The Labute approximate surface area is 118 Å². The Hall–Kier alpha value is -1.73. The molecule has 5 nitrogen and oxygen atoms in total. The van der Waals surface area contributed by atoms with Gasteiger partial charge in [-0.05, 0) is 11.4 Å². The zero-order chi connectivity index (χ0) is 13.8. The predicted molar refractivity (Wildman–Crippen MR) is 75.1 cm³/mol. The molecule has 19 heavy (non-hydrogen) atoms. The summed E-state index contributed by atoms with van der Waals surface area (Å²) in [6.45, 7) is 2.02. The first kappa shape index (κ1) is 13.7. The standard InChI is InChI=1S/C12H12N2O3S2/c1-7(15)10-9(11(16)17-2)14-12(19-10)13-6-8-4-3-5-18-8/h3-5H,6H2,1-2H3,(H,13,14). The van der Waals surface area contributed by atoms with Gasteiger partial charge in [0, 0.05) is 11.8 Å². The monoisotopic (exact) mass is 296 g/mol. The van der Waals surface area contributed by atoms with E-state index in [1.807, 2.05) is 17.5 Å². The van der Waals surface area contributed by atoms with E-state index in [2.05, 4.69) is 15.0 Å². The third-order valence-electron chi connectivity index (χ3n) is 2.32. The Morgan fingerprint density at radius 1 is 1.47 bits per heavy atom. The van der Waals surface area contributed by atoms with E-state index in [0.29, 0.717) is 16.6 Å². The SMILES string of the molecule is COC(=O)c1nc(NCc2cccs2)sc1C(C)=O. The van der Waals surface area contributed by atoms with Crippen molar-refractivity contribution in [2.75, 3.05) is 12.4 Å². The molecule has 2 aromatic heterocycles. The first-order valence-corrected chi connectivity index (χ1v) is 7.17. The van der Waals surface area contributed by atoms with Gasteiger partial charge in [-0.2, -0.15) is 0 Å². The van der Waals surface area contributed by atoms with Gasteiger partial charge >= 0.3 is 5.97 Å². The number of nitrogens with zero attached hydrogens (tertiary/aromatic N) is 1. The largest absolute Gasteiger partial charge is 0.464 e.